The molecule has 2 rings (SSSR count). The van der Waals surface area contributed by atoms with Crippen LogP contribution in [0.1, 0.15) is 18.1 Å². The first-order valence-electron chi connectivity index (χ1n) is 6.75. The summed E-state index contributed by atoms with van der Waals surface area (Å²) in [5, 5.41) is 3.22. The normalized spacial score (nSPS) is 13.3. The number of nitrogens with two attached hydrogens (primary N) is 1. The highest BCUT2D eigenvalue weighted by atomic mass is 16.5. The van der Waals surface area contributed by atoms with Crippen molar-refractivity contribution in [2.45, 2.75) is 19.4 Å². The Hall–Kier alpha value is -2.49. The van der Waals surface area contributed by atoms with Crippen LogP contribution < -0.4 is 15.8 Å². The largest absolute Gasteiger partial charge is 0.497 e. The molecule has 4 nitrogen and oxygen atoms in total. The highest BCUT2D eigenvalue weighted by Gasteiger charge is 2.33. The van der Waals surface area contributed by atoms with Crippen LogP contribution in [0.4, 0.5) is 5.69 Å². The number of rotatable bonds is 5. The van der Waals surface area contributed by atoms with Gasteiger partial charge < -0.3 is 15.8 Å². The van der Waals surface area contributed by atoms with E-state index in [1.807, 2.05) is 55.5 Å². The summed E-state index contributed by atoms with van der Waals surface area (Å²) >= 11 is 0. The van der Waals surface area contributed by atoms with E-state index in [9.17, 15) is 4.79 Å². The lowest BCUT2D eigenvalue weighted by molar-refractivity contribution is -0.122. The van der Waals surface area contributed by atoms with Crippen molar-refractivity contribution in [1.82, 2.24) is 0 Å². The van der Waals surface area contributed by atoms with E-state index in [-0.39, 0.29) is 0 Å². The van der Waals surface area contributed by atoms with E-state index >= 15 is 0 Å². The fourth-order valence-corrected chi connectivity index (χ4v) is 2.14. The van der Waals surface area contributed by atoms with Crippen LogP contribution in [0.5, 0.6) is 5.75 Å². The van der Waals surface area contributed by atoms with Gasteiger partial charge in [-0.25, -0.2) is 0 Å². The van der Waals surface area contributed by atoms with Gasteiger partial charge in [0.15, 0.2) is 0 Å². The average molecular weight is 284 g/mol. The molecule has 0 aromatic heterocycles. The van der Waals surface area contributed by atoms with Gasteiger partial charge in [-0.1, -0.05) is 29.8 Å². The van der Waals surface area contributed by atoms with Gasteiger partial charge in [-0.05, 0) is 43.7 Å². The summed E-state index contributed by atoms with van der Waals surface area (Å²) in [7, 11) is 1.59. The van der Waals surface area contributed by atoms with Crippen molar-refractivity contribution in [1.29, 1.82) is 0 Å². The van der Waals surface area contributed by atoms with Gasteiger partial charge in [-0.2, -0.15) is 0 Å². The average Bonchev–Trinajstić information content (AvgIpc) is 2.49. The molecule has 0 fully saturated rings. The topological polar surface area (TPSA) is 64.3 Å². The highest BCUT2D eigenvalue weighted by molar-refractivity contribution is 5.89. The second kappa shape index (κ2) is 5.87. The molecule has 4 heteroatoms. The summed E-state index contributed by atoms with van der Waals surface area (Å²) in [6, 6.07) is 15.2. The molecule has 1 unspecified atom stereocenters. The summed E-state index contributed by atoms with van der Waals surface area (Å²) in [4.78, 5) is 12.0. The zero-order chi connectivity index (χ0) is 15.5. The molecule has 0 aliphatic carbocycles. The number of nitrogens with one attached hydrogen (secondary N) is 1. The Kier molecular flexibility index (Phi) is 4.17. The fraction of sp³-hybridized carbons (Fsp3) is 0.235. The first-order chi connectivity index (χ1) is 9.95. The van der Waals surface area contributed by atoms with Crippen LogP contribution in [0.15, 0.2) is 48.5 Å². The summed E-state index contributed by atoms with van der Waals surface area (Å²) < 4.78 is 5.22. The third-order valence-corrected chi connectivity index (χ3v) is 3.59. The molecule has 0 aliphatic heterocycles. The van der Waals surface area contributed by atoms with Gasteiger partial charge in [0.25, 0.3) is 0 Å². The van der Waals surface area contributed by atoms with Crippen LogP contribution in [0, 0.1) is 6.92 Å². The first kappa shape index (κ1) is 14.9. The van der Waals surface area contributed by atoms with Gasteiger partial charge in [0.2, 0.25) is 5.91 Å². The van der Waals surface area contributed by atoms with Crippen LogP contribution in [0.2, 0.25) is 0 Å². The summed E-state index contributed by atoms with van der Waals surface area (Å²) in [5.74, 6) is 0.238. The standard InChI is InChI=1S/C17H20N2O2/c1-12-7-9-14(10-8-12)19-17(2,16(18)20)13-5-4-6-15(11-13)21-3/h4-11,19H,1-3H3,(H2,18,20). The number of ether oxygens (including phenoxy) is 1. The summed E-state index contributed by atoms with van der Waals surface area (Å²) in [6.45, 7) is 3.78. The molecule has 0 aliphatic rings. The van der Waals surface area contributed by atoms with Crippen LogP contribution in [0.25, 0.3) is 0 Å². The molecule has 21 heavy (non-hydrogen) atoms. The predicted octanol–water partition coefficient (Wildman–Crippen LogP) is 2.82. The van der Waals surface area contributed by atoms with Gasteiger partial charge in [-0.15, -0.1) is 0 Å². The zero-order valence-electron chi connectivity index (χ0n) is 12.5. The quantitative estimate of drug-likeness (QED) is 0.887. The molecular weight excluding hydrogens is 264 g/mol. The fourth-order valence-electron chi connectivity index (χ4n) is 2.14. The van der Waals surface area contributed by atoms with E-state index in [1.165, 1.54) is 0 Å². The minimum atomic E-state index is -1.01. The molecule has 1 amide bonds. The second-order valence-electron chi connectivity index (χ2n) is 5.21. The molecule has 1 atom stereocenters. The molecule has 0 saturated carbocycles. The van der Waals surface area contributed by atoms with Crippen molar-refractivity contribution in [3.8, 4) is 5.75 Å². The maximum atomic E-state index is 12.0. The Bertz CT molecular complexity index is 637. The van der Waals surface area contributed by atoms with E-state index in [4.69, 9.17) is 10.5 Å². The smallest absolute Gasteiger partial charge is 0.247 e. The zero-order valence-corrected chi connectivity index (χ0v) is 12.5. The molecule has 0 radical (unpaired) electrons. The van der Waals surface area contributed by atoms with Crippen molar-refractivity contribution in [2.75, 3.05) is 12.4 Å². The number of hydrogen-bond acceptors (Lipinski definition) is 3. The lowest BCUT2D eigenvalue weighted by Gasteiger charge is -2.29. The maximum Gasteiger partial charge on any atom is 0.247 e. The number of carbonyl (C=O) groups is 1. The van der Waals surface area contributed by atoms with Crippen LogP contribution >= 0.6 is 0 Å². The van der Waals surface area contributed by atoms with Crippen molar-refractivity contribution in [3.63, 3.8) is 0 Å². The SMILES string of the molecule is COc1cccc(C(C)(Nc2ccc(C)cc2)C(N)=O)c1. The molecule has 110 valence electrons. The predicted molar refractivity (Wildman–Crippen MR) is 84.3 cm³/mol. The van der Waals surface area contributed by atoms with E-state index in [0.29, 0.717) is 5.75 Å². The lowest BCUT2D eigenvalue weighted by Crippen LogP contribution is -2.45. The summed E-state index contributed by atoms with van der Waals surface area (Å²) in [6.07, 6.45) is 0. The Morgan fingerprint density at radius 3 is 2.43 bits per heavy atom. The monoisotopic (exact) mass is 284 g/mol. The molecule has 0 saturated heterocycles. The number of hydrogen-bond donors (Lipinski definition) is 2. The van der Waals surface area contributed by atoms with Crippen molar-refractivity contribution < 1.29 is 9.53 Å². The van der Waals surface area contributed by atoms with Gasteiger partial charge in [0.05, 0.1) is 7.11 Å². The number of methoxy groups -OCH3 is 1. The Morgan fingerprint density at radius 1 is 1.19 bits per heavy atom. The van der Waals surface area contributed by atoms with Crippen molar-refractivity contribution >= 4 is 11.6 Å². The minimum Gasteiger partial charge on any atom is -0.497 e. The van der Waals surface area contributed by atoms with Gasteiger partial charge in [0.1, 0.15) is 11.3 Å². The van der Waals surface area contributed by atoms with E-state index in [0.717, 1.165) is 16.8 Å². The lowest BCUT2D eigenvalue weighted by atomic mass is 9.90. The Morgan fingerprint density at radius 2 is 1.86 bits per heavy atom. The number of amides is 1. The number of anilines is 1. The number of aryl methyl sites for hydroxylation is 1. The molecule has 0 bridgehead atoms. The first-order valence-corrected chi connectivity index (χ1v) is 6.75. The van der Waals surface area contributed by atoms with Gasteiger partial charge in [-0.3, -0.25) is 4.79 Å². The molecule has 2 aromatic carbocycles. The highest BCUT2D eigenvalue weighted by Crippen LogP contribution is 2.28. The Labute approximate surface area is 124 Å². The van der Waals surface area contributed by atoms with Crippen LogP contribution in [-0.4, -0.2) is 13.0 Å². The number of primary amides is 1. The van der Waals surface area contributed by atoms with Gasteiger partial charge in [0, 0.05) is 5.69 Å². The maximum absolute atomic E-state index is 12.0. The minimum absolute atomic E-state index is 0.448. The van der Waals surface area contributed by atoms with E-state index in [2.05, 4.69) is 5.32 Å². The van der Waals surface area contributed by atoms with Gasteiger partial charge >= 0.3 is 0 Å². The third-order valence-electron chi connectivity index (χ3n) is 3.59. The van der Waals surface area contributed by atoms with E-state index < -0.39 is 11.4 Å². The Balaban J connectivity index is 2.39. The molecule has 3 N–H and O–H groups in total. The third kappa shape index (κ3) is 3.16. The second-order valence-corrected chi connectivity index (χ2v) is 5.21. The van der Waals surface area contributed by atoms with Crippen molar-refractivity contribution in [3.05, 3.63) is 59.7 Å². The molecule has 0 spiro atoms. The molecule has 2 aromatic rings. The number of carbonyl (C=O) groups excluding carboxylic acids is 1. The number of benzene rings is 2. The van der Waals surface area contributed by atoms with Crippen molar-refractivity contribution in [2.24, 2.45) is 5.73 Å². The molecular formula is C17H20N2O2. The summed E-state index contributed by atoms with van der Waals surface area (Å²) in [5.41, 5.74) is 7.37. The molecule has 0 heterocycles. The van der Waals surface area contributed by atoms with Crippen LogP contribution in [0.3, 0.4) is 0 Å². The van der Waals surface area contributed by atoms with E-state index in [1.54, 1.807) is 14.0 Å². The van der Waals surface area contributed by atoms with Crippen LogP contribution in [-0.2, 0) is 10.3 Å².